The molecule has 1 aromatic carbocycles. The number of hydrogen-bond acceptors (Lipinski definition) is 2. The predicted molar refractivity (Wildman–Crippen MR) is 73.4 cm³/mol. The Morgan fingerprint density at radius 3 is 2.62 bits per heavy atom. The summed E-state index contributed by atoms with van der Waals surface area (Å²) in [6.07, 6.45) is -4.15. The van der Waals surface area contributed by atoms with Crippen LogP contribution in [0.25, 0.3) is 0 Å². The molecule has 3 unspecified atom stereocenters. The van der Waals surface area contributed by atoms with E-state index in [2.05, 4.69) is 5.32 Å². The molecule has 0 bridgehead atoms. The van der Waals surface area contributed by atoms with Gasteiger partial charge in [0.15, 0.2) is 0 Å². The summed E-state index contributed by atoms with van der Waals surface area (Å²) < 4.78 is 38.5. The van der Waals surface area contributed by atoms with Crippen molar-refractivity contribution in [3.05, 3.63) is 35.4 Å². The normalized spacial score (nSPS) is 24.5. The first kappa shape index (κ1) is 15.8. The molecule has 1 aromatic rings. The standard InChI is InChI=1S/C15H19F3N2O/c1-4-9(2)20-13(19-10(3)14(20)21)11-6-5-7-12(8-11)15(16,17)18/h5-10,13,19H,4H2,1-3H3. The molecule has 2 rings (SSSR count). The summed E-state index contributed by atoms with van der Waals surface area (Å²) in [4.78, 5) is 13.9. The van der Waals surface area contributed by atoms with Crippen LogP contribution < -0.4 is 5.32 Å². The summed E-state index contributed by atoms with van der Waals surface area (Å²) >= 11 is 0. The Hall–Kier alpha value is -1.56. The van der Waals surface area contributed by atoms with Gasteiger partial charge in [0.2, 0.25) is 5.91 Å². The number of carbonyl (C=O) groups is 1. The van der Waals surface area contributed by atoms with E-state index in [0.717, 1.165) is 18.6 Å². The van der Waals surface area contributed by atoms with Crippen molar-refractivity contribution < 1.29 is 18.0 Å². The van der Waals surface area contributed by atoms with E-state index in [-0.39, 0.29) is 11.9 Å². The highest BCUT2D eigenvalue weighted by atomic mass is 19.4. The molecular weight excluding hydrogens is 281 g/mol. The fourth-order valence-electron chi connectivity index (χ4n) is 2.55. The molecule has 1 aliphatic rings. The second-order valence-corrected chi connectivity index (χ2v) is 5.42. The van der Waals surface area contributed by atoms with Crippen LogP contribution in [-0.2, 0) is 11.0 Å². The van der Waals surface area contributed by atoms with Gasteiger partial charge in [-0.3, -0.25) is 10.1 Å². The number of alkyl halides is 3. The Balaban J connectivity index is 2.38. The summed E-state index contributed by atoms with van der Waals surface area (Å²) in [6.45, 7) is 5.58. The van der Waals surface area contributed by atoms with Gasteiger partial charge in [-0.1, -0.05) is 19.1 Å². The van der Waals surface area contributed by atoms with Gasteiger partial charge in [0.25, 0.3) is 0 Å². The van der Waals surface area contributed by atoms with Gasteiger partial charge in [-0.2, -0.15) is 13.2 Å². The van der Waals surface area contributed by atoms with E-state index < -0.39 is 23.9 Å². The molecule has 21 heavy (non-hydrogen) atoms. The van der Waals surface area contributed by atoms with Crippen molar-refractivity contribution in [2.24, 2.45) is 0 Å². The van der Waals surface area contributed by atoms with Crippen LogP contribution in [0.3, 0.4) is 0 Å². The first-order valence-corrected chi connectivity index (χ1v) is 7.01. The zero-order valence-corrected chi connectivity index (χ0v) is 12.2. The predicted octanol–water partition coefficient (Wildman–Crippen LogP) is 3.32. The molecule has 1 aliphatic heterocycles. The van der Waals surface area contributed by atoms with Crippen LogP contribution in [-0.4, -0.2) is 22.9 Å². The number of halogens is 3. The minimum Gasteiger partial charge on any atom is -0.319 e. The van der Waals surface area contributed by atoms with Crippen molar-refractivity contribution >= 4 is 5.91 Å². The molecule has 1 fully saturated rings. The molecule has 0 saturated carbocycles. The van der Waals surface area contributed by atoms with Gasteiger partial charge < -0.3 is 4.90 Å². The molecule has 1 heterocycles. The topological polar surface area (TPSA) is 32.3 Å². The maximum Gasteiger partial charge on any atom is 0.416 e. The van der Waals surface area contributed by atoms with E-state index in [4.69, 9.17) is 0 Å². The zero-order valence-electron chi connectivity index (χ0n) is 12.2. The molecular formula is C15H19F3N2O. The molecule has 3 nitrogen and oxygen atoms in total. The summed E-state index contributed by atoms with van der Waals surface area (Å²) in [7, 11) is 0. The monoisotopic (exact) mass is 300 g/mol. The zero-order chi connectivity index (χ0) is 15.8. The molecule has 116 valence electrons. The first-order valence-electron chi connectivity index (χ1n) is 7.01. The van der Waals surface area contributed by atoms with Crippen molar-refractivity contribution in [1.29, 1.82) is 0 Å². The van der Waals surface area contributed by atoms with Crippen LogP contribution in [0.4, 0.5) is 13.2 Å². The Morgan fingerprint density at radius 1 is 1.38 bits per heavy atom. The molecule has 6 heteroatoms. The summed E-state index contributed by atoms with van der Waals surface area (Å²) in [5.41, 5.74) is -0.235. The third-order valence-electron chi connectivity index (χ3n) is 3.91. The number of carbonyl (C=O) groups excluding carboxylic acids is 1. The van der Waals surface area contributed by atoms with Gasteiger partial charge in [-0.15, -0.1) is 0 Å². The number of hydrogen-bond donors (Lipinski definition) is 1. The van der Waals surface area contributed by atoms with E-state index in [0.29, 0.717) is 5.56 Å². The van der Waals surface area contributed by atoms with E-state index in [1.165, 1.54) is 6.07 Å². The molecule has 3 atom stereocenters. The third kappa shape index (κ3) is 3.05. The lowest BCUT2D eigenvalue weighted by Gasteiger charge is -2.30. The SMILES string of the molecule is CCC(C)N1C(=O)C(C)NC1c1cccc(C(F)(F)F)c1. The van der Waals surface area contributed by atoms with Gasteiger partial charge in [0.05, 0.1) is 11.6 Å². The smallest absolute Gasteiger partial charge is 0.319 e. The molecule has 1 N–H and O–H groups in total. The lowest BCUT2D eigenvalue weighted by atomic mass is 10.1. The van der Waals surface area contributed by atoms with E-state index in [1.807, 2.05) is 13.8 Å². The largest absolute Gasteiger partial charge is 0.416 e. The van der Waals surface area contributed by atoms with Gasteiger partial charge in [-0.05, 0) is 38.0 Å². The summed E-state index contributed by atoms with van der Waals surface area (Å²) in [5.74, 6) is -0.0771. The molecule has 1 amide bonds. The fourth-order valence-corrected chi connectivity index (χ4v) is 2.55. The average molecular weight is 300 g/mol. The highest BCUT2D eigenvalue weighted by molar-refractivity contribution is 5.84. The van der Waals surface area contributed by atoms with Crippen LogP contribution in [0, 0.1) is 0 Å². The van der Waals surface area contributed by atoms with Crippen molar-refractivity contribution in [2.75, 3.05) is 0 Å². The molecule has 0 radical (unpaired) electrons. The maximum atomic E-state index is 12.8. The quantitative estimate of drug-likeness (QED) is 0.928. The van der Waals surface area contributed by atoms with Gasteiger partial charge >= 0.3 is 6.18 Å². The second-order valence-electron chi connectivity index (χ2n) is 5.42. The molecule has 0 aromatic heterocycles. The molecule has 0 aliphatic carbocycles. The van der Waals surface area contributed by atoms with Crippen LogP contribution in [0.2, 0.25) is 0 Å². The van der Waals surface area contributed by atoms with Crippen LogP contribution >= 0.6 is 0 Å². The van der Waals surface area contributed by atoms with E-state index >= 15 is 0 Å². The van der Waals surface area contributed by atoms with Crippen molar-refractivity contribution in [1.82, 2.24) is 10.2 Å². The number of amides is 1. The first-order chi connectivity index (χ1) is 9.75. The lowest BCUT2D eigenvalue weighted by Crippen LogP contribution is -2.38. The summed E-state index contributed by atoms with van der Waals surface area (Å²) in [5, 5.41) is 3.07. The Labute approximate surface area is 122 Å². The van der Waals surface area contributed by atoms with Gasteiger partial charge in [-0.25, -0.2) is 0 Å². The number of nitrogens with zero attached hydrogens (tertiary/aromatic N) is 1. The van der Waals surface area contributed by atoms with Crippen molar-refractivity contribution in [2.45, 2.75) is 51.6 Å². The van der Waals surface area contributed by atoms with Crippen molar-refractivity contribution in [3.8, 4) is 0 Å². The Bertz CT molecular complexity index is 530. The highest BCUT2D eigenvalue weighted by Crippen LogP contribution is 2.33. The van der Waals surface area contributed by atoms with Crippen molar-refractivity contribution in [3.63, 3.8) is 0 Å². The van der Waals surface area contributed by atoms with E-state index in [1.54, 1.807) is 17.9 Å². The number of nitrogens with one attached hydrogen (secondary N) is 1. The van der Waals surface area contributed by atoms with E-state index in [9.17, 15) is 18.0 Å². The Morgan fingerprint density at radius 2 is 2.05 bits per heavy atom. The lowest BCUT2D eigenvalue weighted by molar-refractivity contribution is -0.137. The third-order valence-corrected chi connectivity index (χ3v) is 3.91. The minimum absolute atomic E-state index is 0.0329. The van der Waals surface area contributed by atoms with Crippen LogP contribution in [0.1, 0.15) is 44.5 Å². The summed E-state index contributed by atoms with van der Waals surface area (Å²) in [6, 6.07) is 4.72. The number of benzene rings is 1. The molecule has 1 saturated heterocycles. The molecule has 0 spiro atoms. The number of rotatable bonds is 3. The maximum absolute atomic E-state index is 12.8. The van der Waals surface area contributed by atoms with Crippen LogP contribution in [0.15, 0.2) is 24.3 Å². The second kappa shape index (κ2) is 5.67. The van der Waals surface area contributed by atoms with Gasteiger partial charge in [0, 0.05) is 6.04 Å². The average Bonchev–Trinajstić information content (AvgIpc) is 2.73. The minimum atomic E-state index is -4.38. The highest BCUT2D eigenvalue weighted by Gasteiger charge is 2.40. The van der Waals surface area contributed by atoms with Gasteiger partial charge in [0.1, 0.15) is 6.17 Å². The Kier molecular flexibility index (Phi) is 4.27. The fraction of sp³-hybridized carbons (Fsp3) is 0.533. The van der Waals surface area contributed by atoms with Crippen LogP contribution in [0.5, 0.6) is 0 Å².